The molecule has 0 aliphatic carbocycles. The molecule has 0 aromatic rings. The Kier molecular flexibility index (Phi) is 39.2. The fraction of sp³-hybridized carbons (Fsp3) is 0.844. The molecule has 1 amide bonds. The zero-order chi connectivity index (χ0) is 36.6. The van der Waals surface area contributed by atoms with Gasteiger partial charge >= 0.3 is 0 Å². The summed E-state index contributed by atoms with van der Waals surface area (Å²) in [6.45, 7) is 4.16. The molecule has 0 heterocycles. The molecule has 0 rings (SSSR count). The second kappa shape index (κ2) is 40.3. The van der Waals surface area contributed by atoms with E-state index < -0.39 is 18.2 Å². The van der Waals surface area contributed by atoms with Crippen molar-refractivity contribution in [1.29, 1.82) is 0 Å². The Labute approximate surface area is 311 Å². The predicted octanol–water partition coefficient (Wildman–Crippen LogP) is 12.4. The van der Waals surface area contributed by atoms with Crippen molar-refractivity contribution in [3.8, 4) is 0 Å². The highest BCUT2D eigenvalue weighted by Crippen LogP contribution is 2.15. The highest BCUT2D eigenvalue weighted by molar-refractivity contribution is 5.76. The third-order valence-corrected chi connectivity index (χ3v) is 9.90. The normalized spacial score (nSPS) is 13.9. The van der Waals surface area contributed by atoms with Crippen molar-refractivity contribution in [2.24, 2.45) is 0 Å². The van der Waals surface area contributed by atoms with Crippen molar-refractivity contribution in [1.82, 2.24) is 5.32 Å². The lowest BCUT2D eigenvalue weighted by Crippen LogP contribution is -2.45. The van der Waals surface area contributed by atoms with Crippen molar-refractivity contribution in [3.05, 3.63) is 36.5 Å². The molecule has 0 aromatic carbocycles. The molecule has 4 N–H and O–H groups in total. The van der Waals surface area contributed by atoms with Crippen molar-refractivity contribution < 1.29 is 20.1 Å². The average Bonchev–Trinajstić information content (AvgIpc) is 3.11. The predicted molar refractivity (Wildman–Crippen MR) is 218 cm³/mol. The number of aliphatic hydroxyl groups excluding tert-OH is 3. The maximum atomic E-state index is 12.4. The van der Waals surface area contributed by atoms with Gasteiger partial charge in [-0.05, 0) is 57.8 Å². The number of rotatable bonds is 39. The van der Waals surface area contributed by atoms with Gasteiger partial charge in [0.1, 0.15) is 0 Å². The highest BCUT2D eigenvalue weighted by Gasteiger charge is 2.20. The number of carbonyl (C=O) groups excluding carboxylic acids is 1. The van der Waals surface area contributed by atoms with Crippen LogP contribution in [0.1, 0.15) is 219 Å². The Morgan fingerprint density at radius 3 is 1.32 bits per heavy atom. The highest BCUT2D eigenvalue weighted by atomic mass is 16.3. The van der Waals surface area contributed by atoms with E-state index in [1.807, 2.05) is 6.08 Å². The molecule has 0 aromatic heterocycles. The standard InChI is InChI=1S/C45H85NO4/c1-3-5-7-9-11-13-15-16-17-18-19-20-21-22-23-24-25-26-27-28-29-31-33-35-37-39-44(49)43(41-47)46-45(50)40-42(48)38-36-34-32-30-14-12-10-8-6-4-2/h12,14,29,31,37,39,42-44,47-49H,3-11,13,15-28,30,32-36,38,40-41H2,1-2H3,(H,46,50)/b14-12-,31-29+,39-37+. The zero-order valence-electron chi connectivity index (χ0n) is 33.3. The van der Waals surface area contributed by atoms with Gasteiger partial charge in [-0.1, -0.05) is 192 Å². The largest absolute Gasteiger partial charge is 0.394 e. The maximum absolute atomic E-state index is 12.4. The molecule has 0 saturated carbocycles. The van der Waals surface area contributed by atoms with Crippen LogP contribution in [0.25, 0.3) is 0 Å². The Balaban J connectivity index is 3.66. The number of aliphatic hydroxyl groups is 3. The van der Waals surface area contributed by atoms with Gasteiger partial charge in [-0.25, -0.2) is 0 Å². The number of hydrogen-bond acceptors (Lipinski definition) is 4. The van der Waals surface area contributed by atoms with Gasteiger partial charge in [0, 0.05) is 0 Å². The smallest absolute Gasteiger partial charge is 0.222 e. The van der Waals surface area contributed by atoms with E-state index in [0.29, 0.717) is 6.42 Å². The summed E-state index contributed by atoms with van der Waals surface area (Å²) >= 11 is 0. The van der Waals surface area contributed by atoms with Crippen molar-refractivity contribution in [2.45, 2.75) is 238 Å². The third kappa shape index (κ3) is 36.4. The van der Waals surface area contributed by atoms with E-state index in [-0.39, 0.29) is 18.9 Å². The molecular formula is C45H85NO4. The van der Waals surface area contributed by atoms with E-state index in [1.54, 1.807) is 6.08 Å². The average molecular weight is 704 g/mol. The number of amides is 1. The lowest BCUT2D eigenvalue weighted by molar-refractivity contribution is -0.124. The molecule has 5 heteroatoms. The first-order chi connectivity index (χ1) is 24.5. The molecule has 0 spiro atoms. The van der Waals surface area contributed by atoms with Crippen LogP contribution in [-0.4, -0.2) is 46.1 Å². The fourth-order valence-corrected chi connectivity index (χ4v) is 6.53. The molecule has 0 aliphatic heterocycles. The molecule has 294 valence electrons. The van der Waals surface area contributed by atoms with Crippen LogP contribution in [-0.2, 0) is 4.79 Å². The number of unbranched alkanes of at least 4 members (excludes halogenated alkanes) is 26. The fourth-order valence-electron chi connectivity index (χ4n) is 6.53. The van der Waals surface area contributed by atoms with Gasteiger partial charge < -0.3 is 20.6 Å². The second-order valence-corrected chi connectivity index (χ2v) is 14.9. The van der Waals surface area contributed by atoms with Crippen LogP contribution in [0.3, 0.4) is 0 Å². The summed E-state index contributed by atoms with van der Waals surface area (Å²) in [7, 11) is 0. The summed E-state index contributed by atoms with van der Waals surface area (Å²) in [5.74, 6) is -0.336. The third-order valence-electron chi connectivity index (χ3n) is 9.90. The number of allylic oxidation sites excluding steroid dienone is 5. The quantitative estimate of drug-likeness (QED) is 0.0379. The first kappa shape index (κ1) is 48.6. The Hall–Kier alpha value is -1.43. The van der Waals surface area contributed by atoms with E-state index in [9.17, 15) is 20.1 Å². The molecule has 0 radical (unpaired) electrons. The SMILES string of the molecule is CCCCC/C=C\CCCCCC(O)CC(=O)NC(CO)C(O)/C=C/CC/C=C/CCCCCCCCCCCCCCCCCCCCC. The van der Waals surface area contributed by atoms with E-state index in [0.717, 1.165) is 51.4 Å². The van der Waals surface area contributed by atoms with Crippen molar-refractivity contribution in [3.63, 3.8) is 0 Å². The molecule has 5 nitrogen and oxygen atoms in total. The monoisotopic (exact) mass is 704 g/mol. The van der Waals surface area contributed by atoms with E-state index in [2.05, 4.69) is 43.5 Å². The van der Waals surface area contributed by atoms with Gasteiger partial charge in [-0.15, -0.1) is 0 Å². The van der Waals surface area contributed by atoms with Crippen LogP contribution in [0.2, 0.25) is 0 Å². The van der Waals surface area contributed by atoms with E-state index >= 15 is 0 Å². The molecule has 3 atom stereocenters. The van der Waals surface area contributed by atoms with Crippen LogP contribution in [0.15, 0.2) is 36.5 Å². The van der Waals surface area contributed by atoms with Crippen LogP contribution in [0, 0.1) is 0 Å². The Bertz CT molecular complexity index is 779. The van der Waals surface area contributed by atoms with Gasteiger partial charge in [-0.2, -0.15) is 0 Å². The van der Waals surface area contributed by atoms with Crippen LogP contribution >= 0.6 is 0 Å². The Morgan fingerprint density at radius 2 is 0.860 bits per heavy atom. The summed E-state index contributed by atoms with van der Waals surface area (Å²) in [5, 5.41) is 33.1. The molecule has 50 heavy (non-hydrogen) atoms. The molecule has 3 unspecified atom stereocenters. The summed E-state index contributed by atoms with van der Waals surface area (Å²) in [5.41, 5.74) is 0. The van der Waals surface area contributed by atoms with Gasteiger partial charge in [0.15, 0.2) is 0 Å². The number of hydrogen-bond donors (Lipinski definition) is 4. The lowest BCUT2D eigenvalue weighted by Gasteiger charge is -2.20. The minimum absolute atomic E-state index is 0.00539. The van der Waals surface area contributed by atoms with Crippen LogP contribution in [0.5, 0.6) is 0 Å². The first-order valence-electron chi connectivity index (χ1n) is 21.8. The summed E-state index contributed by atoms with van der Waals surface area (Å²) in [6.07, 6.45) is 50.2. The lowest BCUT2D eigenvalue weighted by atomic mass is 10.0. The minimum Gasteiger partial charge on any atom is -0.394 e. The molecular weight excluding hydrogens is 618 g/mol. The topological polar surface area (TPSA) is 89.8 Å². The second-order valence-electron chi connectivity index (χ2n) is 14.9. The molecule has 0 fully saturated rings. The van der Waals surface area contributed by atoms with Gasteiger partial charge in [-0.3, -0.25) is 4.79 Å². The van der Waals surface area contributed by atoms with Crippen LogP contribution in [0.4, 0.5) is 0 Å². The summed E-state index contributed by atoms with van der Waals surface area (Å²) < 4.78 is 0. The first-order valence-corrected chi connectivity index (χ1v) is 21.8. The van der Waals surface area contributed by atoms with Gasteiger partial charge in [0.2, 0.25) is 5.91 Å². The summed E-state index contributed by atoms with van der Waals surface area (Å²) in [6, 6.07) is -0.764. The minimum atomic E-state index is -0.954. The zero-order valence-corrected chi connectivity index (χ0v) is 33.3. The van der Waals surface area contributed by atoms with Gasteiger partial charge in [0.05, 0.1) is 31.3 Å². The number of carbonyl (C=O) groups is 1. The number of nitrogens with one attached hydrogen (secondary N) is 1. The maximum Gasteiger partial charge on any atom is 0.222 e. The van der Waals surface area contributed by atoms with Crippen molar-refractivity contribution in [2.75, 3.05) is 6.61 Å². The Morgan fingerprint density at radius 1 is 0.500 bits per heavy atom. The molecule has 0 saturated heterocycles. The summed E-state index contributed by atoms with van der Waals surface area (Å²) in [4.78, 5) is 12.4. The molecule has 0 bridgehead atoms. The van der Waals surface area contributed by atoms with Crippen molar-refractivity contribution >= 4 is 5.91 Å². The molecule has 0 aliphatic rings. The van der Waals surface area contributed by atoms with Gasteiger partial charge in [0.25, 0.3) is 0 Å². The van der Waals surface area contributed by atoms with Crippen LogP contribution < -0.4 is 5.32 Å². The van der Waals surface area contributed by atoms with E-state index in [1.165, 1.54) is 141 Å². The van der Waals surface area contributed by atoms with E-state index in [4.69, 9.17) is 0 Å².